The zero-order chi connectivity index (χ0) is 14.1. The van der Waals surface area contributed by atoms with E-state index in [1.54, 1.807) is 30.4 Å². The average Bonchev–Trinajstić information content (AvgIpc) is 2.90. The first-order valence-electron chi connectivity index (χ1n) is 5.89. The number of nitrogens with zero attached hydrogens (tertiary/aromatic N) is 3. The first kappa shape index (κ1) is 12.5. The maximum absolute atomic E-state index is 10.9. The summed E-state index contributed by atoms with van der Waals surface area (Å²) in [6.07, 6.45) is 7.23. The molecule has 3 rings (SSSR count). The second kappa shape index (κ2) is 4.85. The summed E-state index contributed by atoms with van der Waals surface area (Å²) in [6.45, 7) is 0. The van der Waals surface area contributed by atoms with E-state index in [9.17, 15) is 4.79 Å². The molecule has 20 heavy (non-hydrogen) atoms. The summed E-state index contributed by atoms with van der Waals surface area (Å²) >= 11 is 1.46. The normalized spacial score (nSPS) is 17.4. The van der Waals surface area contributed by atoms with E-state index in [4.69, 9.17) is 10.6 Å². The number of aromatic carboxylic acids is 1. The highest BCUT2D eigenvalue weighted by Crippen LogP contribution is 2.30. The van der Waals surface area contributed by atoms with Crippen LogP contribution in [0.25, 0.3) is 15.7 Å². The number of thiazole rings is 1. The van der Waals surface area contributed by atoms with Crippen LogP contribution in [-0.4, -0.2) is 26.6 Å². The molecule has 0 unspecified atom stereocenters. The fraction of sp³-hybridized carbons (Fsp3) is 0.0714. The van der Waals surface area contributed by atoms with Gasteiger partial charge in [-0.05, 0) is 18.2 Å². The standard InChI is InChI=1S/C14H9N3O2S/c15-17-10-4-1-8(2-5-10)13-16-11-6-3-9(14(18)19)7-12(11)20-13/h1-8H,(H,18,19). The van der Waals surface area contributed by atoms with Gasteiger partial charge < -0.3 is 10.6 Å². The lowest BCUT2D eigenvalue weighted by atomic mass is 10.0. The molecular formula is C14H9N3O2S. The number of carboxylic acids is 1. The van der Waals surface area contributed by atoms with Gasteiger partial charge in [-0.2, -0.15) is 4.79 Å². The Morgan fingerprint density at radius 1 is 1.35 bits per heavy atom. The van der Waals surface area contributed by atoms with E-state index in [1.165, 1.54) is 11.3 Å². The van der Waals surface area contributed by atoms with Gasteiger partial charge in [0.25, 0.3) is 0 Å². The summed E-state index contributed by atoms with van der Waals surface area (Å²) in [7, 11) is 0. The van der Waals surface area contributed by atoms with E-state index < -0.39 is 5.97 Å². The maximum atomic E-state index is 10.9. The van der Waals surface area contributed by atoms with Crippen molar-refractivity contribution in [3.05, 3.63) is 58.6 Å². The number of carboxylic acid groups (broad SMARTS) is 1. The van der Waals surface area contributed by atoms with E-state index in [0.717, 1.165) is 15.2 Å². The van der Waals surface area contributed by atoms with Crippen molar-refractivity contribution in [2.45, 2.75) is 5.92 Å². The summed E-state index contributed by atoms with van der Waals surface area (Å²) in [5, 5.41) is 9.86. The Morgan fingerprint density at radius 3 is 2.75 bits per heavy atom. The average molecular weight is 283 g/mol. The summed E-state index contributed by atoms with van der Waals surface area (Å²) in [5.41, 5.74) is 10.2. The van der Waals surface area contributed by atoms with Gasteiger partial charge in [-0.25, -0.2) is 9.78 Å². The van der Waals surface area contributed by atoms with E-state index in [0.29, 0.717) is 5.71 Å². The van der Waals surface area contributed by atoms with Crippen LogP contribution in [0.4, 0.5) is 0 Å². The Labute approximate surface area is 118 Å². The van der Waals surface area contributed by atoms with Crippen LogP contribution < -0.4 is 0 Å². The molecule has 1 aliphatic rings. The van der Waals surface area contributed by atoms with Crippen molar-refractivity contribution in [3.63, 3.8) is 0 Å². The molecule has 1 heterocycles. The van der Waals surface area contributed by atoms with Gasteiger partial charge in [0.05, 0.1) is 15.8 Å². The third-order valence-corrected chi connectivity index (χ3v) is 4.12. The van der Waals surface area contributed by atoms with Crippen molar-refractivity contribution in [1.29, 1.82) is 0 Å². The monoisotopic (exact) mass is 283 g/mol. The minimum absolute atomic E-state index is 0.0196. The van der Waals surface area contributed by atoms with Crippen LogP contribution in [-0.2, 0) is 0 Å². The van der Waals surface area contributed by atoms with Crippen LogP contribution >= 0.6 is 11.3 Å². The third kappa shape index (κ3) is 2.18. The van der Waals surface area contributed by atoms with Gasteiger partial charge in [-0.3, -0.25) is 0 Å². The summed E-state index contributed by atoms with van der Waals surface area (Å²) < 4.78 is 0.850. The van der Waals surface area contributed by atoms with Crippen LogP contribution in [0.5, 0.6) is 0 Å². The quantitative estimate of drug-likeness (QED) is 0.679. The Morgan fingerprint density at radius 2 is 2.10 bits per heavy atom. The van der Waals surface area contributed by atoms with E-state index >= 15 is 0 Å². The highest BCUT2D eigenvalue weighted by Gasteiger charge is 2.16. The molecule has 2 aromatic rings. The molecule has 0 atom stereocenters. The van der Waals surface area contributed by atoms with Crippen LogP contribution in [0.15, 0.2) is 42.5 Å². The van der Waals surface area contributed by atoms with Crippen molar-refractivity contribution in [2.75, 3.05) is 0 Å². The second-order valence-electron chi connectivity index (χ2n) is 4.31. The van der Waals surface area contributed by atoms with Gasteiger partial charge in [-0.15, -0.1) is 11.3 Å². The number of hydrogen-bond acceptors (Lipinski definition) is 3. The Bertz CT molecular complexity index is 797. The molecule has 0 spiro atoms. The number of carbonyl (C=O) groups is 1. The molecule has 0 fully saturated rings. The minimum Gasteiger partial charge on any atom is -0.478 e. The Balaban J connectivity index is 2.00. The summed E-state index contributed by atoms with van der Waals surface area (Å²) in [5.74, 6) is -0.922. The van der Waals surface area contributed by atoms with Crippen LogP contribution in [0.3, 0.4) is 0 Å². The first-order chi connectivity index (χ1) is 9.67. The number of allylic oxidation sites excluding steroid dienone is 4. The van der Waals surface area contributed by atoms with Crippen molar-refractivity contribution in [2.24, 2.45) is 0 Å². The SMILES string of the molecule is [N-]=[N+]=C1C=CC(c2nc3ccc(C(=O)O)cc3s2)C=C1. The minimum atomic E-state index is -0.942. The predicted molar refractivity (Wildman–Crippen MR) is 76.2 cm³/mol. The molecule has 5 nitrogen and oxygen atoms in total. The first-order valence-corrected chi connectivity index (χ1v) is 6.71. The fourth-order valence-corrected chi connectivity index (χ4v) is 3.04. The molecular weight excluding hydrogens is 274 g/mol. The third-order valence-electron chi connectivity index (χ3n) is 3.00. The van der Waals surface area contributed by atoms with Crippen LogP contribution in [0.1, 0.15) is 21.3 Å². The van der Waals surface area contributed by atoms with Crippen LogP contribution in [0, 0.1) is 0 Å². The van der Waals surface area contributed by atoms with Crippen molar-refractivity contribution in [3.8, 4) is 0 Å². The smallest absolute Gasteiger partial charge is 0.335 e. The zero-order valence-corrected chi connectivity index (χ0v) is 11.0. The van der Waals surface area contributed by atoms with Gasteiger partial charge in [0, 0.05) is 18.1 Å². The molecule has 0 saturated heterocycles. The Kier molecular flexibility index (Phi) is 3.02. The molecule has 0 amide bonds. The molecule has 6 heteroatoms. The molecule has 0 aliphatic heterocycles. The summed E-state index contributed by atoms with van der Waals surface area (Å²) in [6, 6.07) is 4.91. The Hall–Kier alpha value is -2.56. The van der Waals surface area contributed by atoms with Gasteiger partial charge in [0.2, 0.25) is 0 Å². The molecule has 1 aromatic carbocycles. The second-order valence-corrected chi connectivity index (χ2v) is 5.37. The highest BCUT2D eigenvalue weighted by molar-refractivity contribution is 7.18. The topological polar surface area (TPSA) is 86.6 Å². The van der Waals surface area contributed by atoms with Crippen molar-refractivity contribution >= 4 is 33.2 Å². The van der Waals surface area contributed by atoms with Crippen molar-refractivity contribution in [1.82, 2.24) is 4.98 Å². The molecule has 0 bridgehead atoms. The van der Waals surface area contributed by atoms with E-state index in [1.807, 2.05) is 12.2 Å². The van der Waals surface area contributed by atoms with E-state index in [-0.39, 0.29) is 11.5 Å². The zero-order valence-electron chi connectivity index (χ0n) is 10.2. The maximum Gasteiger partial charge on any atom is 0.335 e. The van der Waals surface area contributed by atoms with Gasteiger partial charge in [-0.1, -0.05) is 12.2 Å². The molecule has 0 saturated carbocycles. The molecule has 1 aliphatic carbocycles. The van der Waals surface area contributed by atoms with Crippen LogP contribution in [0.2, 0.25) is 0 Å². The lowest BCUT2D eigenvalue weighted by Gasteiger charge is -2.04. The largest absolute Gasteiger partial charge is 0.478 e. The number of benzene rings is 1. The highest BCUT2D eigenvalue weighted by atomic mass is 32.1. The molecule has 0 radical (unpaired) electrons. The molecule has 98 valence electrons. The lowest BCUT2D eigenvalue weighted by Crippen LogP contribution is -2.00. The van der Waals surface area contributed by atoms with Gasteiger partial charge in [0.1, 0.15) is 5.01 Å². The molecule has 1 aromatic heterocycles. The number of aromatic nitrogens is 1. The number of rotatable bonds is 2. The van der Waals surface area contributed by atoms with Gasteiger partial charge >= 0.3 is 11.7 Å². The number of hydrogen-bond donors (Lipinski definition) is 1. The predicted octanol–water partition coefficient (Wildman–Crippen LogP) is 2.87. The fourth-order valence-electron chi connectivity index (χ4n) is 1.97. The molecule has 1 N–H and O–H groups in total. The number of fused-ring (bicyclic) bond motifs is 1. The van der Waals surface area contributed by atoms with Gasteiger partial charge in [0.15, 0.2) is 0 Å². The summed E-state index contributed by atoms with van der Waals surface area (Å²) in [4.78, 5) is 18.6. The lowest BCUT2D eigenvalue weighted by molar-refractivity contribution is -0.00164. The van der Waals surface area contributed by atoms with E-state index in [2.05, 4.69) is 9.77 Å². The van der Waals surface area contributed by atoms with Crippen molar-refractivity contribution < 1.29 is 14.7 Å².